The first-order chi connectivity index (χ1) is 7.54. The fourth-order valence-corrected chi connectivity index (χ4v) is 1.47. The van der Waals surface area contributed by atoms with Gasteiger partial charge in [0.25, 0.3) is 0 Å². The molecule has 0 fully saturated rings. The first kappa shape index (κ1) is 13.0. The van der Waals surface area contributed by atoms with E-state index in [0.717, 1.165) is 0 Å². The van der Waals surface area contributed by atoms with Crippen molar-refractivity contribution in [1.29, 1.82) is 0 Å². The molecule has 0 spiro atoms. The van der Waals surface area contributed by atoms with E-state index in [-0.39, 0.29) is 18.7 Å². The number of nitrogens with one attached hydrogen (secondary N) is 1. The van der Waals surface area contributed by atoms with Crippen molar-refractivity contribution in [3.8, 4) is 0 Å². The van der Waals surface area contributed by atoms with Crippen molar-refractivity contribution in [2.45, 2.75) is 6.10 Å². The third-order valence-corrected chi connectivity index (χ3v) is 2.64. The molecule has 0 heterocycles. The van der Waals surface area contributed by atoms with Crippen molar-refractivity contribution in [3.05, 3.63) is 28.2 Å². The van der Waals surface area contributed by atoms with Crippen LogP contribution in [0.25, 0.3) is 0 Å². The van der Waals surface area contributed by atoms with Gasteiger partial charge in [0.1, 0.15) is 0 Å². The molecule has 1 atom stereocenters. The standard InChI is InChI=1S/C10H12BrNO4/c11-8-2-1-6(10(15)16)3-9(8)12-4-7(14)5-13/h1-3,7,12-14H,4-5H2,(H,15,16). The summed E-state index contributed by atoms with van der Waals surface area (Å²) in [6, 6.07) is 4.54. The summed E-state index contributed by atoms with van der Waals surface area (Å²) in [7, 11) is 0. The number of aliphatic hydroxyl groups is 2. The minimum atomic E-state index is -1.02. The van der Waals surface area contributed by atoms with E-state index in [1.807, 2.05) is 0 Å². The zero-order valence-corrected chi connectivity index (χ0v) is 9.94. The zero-order chi connectivity index (χ0) is 12.1. The monoisotopic (exact) mass is 289 g/mol. The SMILES string of the molecule is O=C(O)c1ccc(Br)c(NCC(O)CO)c1. The van der Waals surface area contributed by atoms with Crippen LogP contribution in [0.5, 0.6) is 0 Å². The van der Waals surface area contributed by atoms with Crippen LogP contribution in [0.2, 0.25) is 0 Å². The van der Waals surface area contributed by atoms with Gasteiger partial charge in [-0.25, -0.2) is 4.79 Å². The summed E-state index contributed by atoms with van der Waals surface area (Å²) in [6.07, 6.45) is -0.875. The van der Waals surface area contributed by atoms with Gasteiger partial charge in [0, 0.05) is 16.7 Å². The highest BCUT2D eigenvalue weighted by Gasteiger charge is 2.08. The van der Waals surface area contributed by atoms with Crippen LogP contribution in [-0.2, 0) is 0 Å². The van der Waals surface area contributed by atoms with Crippen molar-refractivity contribution < 1.29 is 20.1 Å². The van der Waals surface area contributed by atoms with E-state index < -0.39 is 12.1 Å². The summed E-state index contributed by atoms with van der Waals surface area (Å²) in [5.41, 5.74) is 0.719. The Morgan fingerprint density at radius 1 is 1.50 bits per heavy atom. The molecule has 0 bridgehead atoms. The van der Waals surface area contributed by atoms with Crippen molar-refractivity contribution in [3.63, 3.8) is 0 Å². The fraction of sp³-hybridized carbons (Fsp3) is 0.300. The molecule has 0 aliphatic carbocycles. The number of aliphatic hydroxyl groups excluding tert-OH is 2. The summed E-state index contributed by atoms with van der Waals surface area (Å²) < 4.78 is 0.697. The Morgan fingerprint density at radius 2 is 2.19 bits per heavy atom. The second-order valence-corrected chi connectivity index (χ2v) is 4.07. The van der Waals surface area contributed by atoms with Gasteiger partial charge in [-0.05, 0) is 34.1 Å². The molecule has 6 heteroatoms. The second-order valence-electron chi connectivity index (χ2n) is 3.22. The topological polar surface area (TPSA) is 89.8 Å². The number of carboxylic acid groups (broad SMARTS) is 1. The van der Waals surface area contributed by atoms with E-state index in [9.17, 15) is 4.79 Å². The molecule has 0 amide bonds. The quantitative estimate of drug-likeness (QED) is 0.647. The Labute approximate surface area is 101 Å². The van der Waals surface area contributed by atoms with Gasteiger partial charge in [0.05, 0.1) is 18.3 Å². The first-order valence-electron chi connectivity index (χ1n) is 4.60. The predicted molar refractivity (Wildman–Crippen MR) is 62.7 cm³/mol. The number of hydrogen-bond donors (Lipinski definition) is 4. The summed E-state index contributed by atoms with van der Waals surface area (Å²) in [5.74, 6) is -1.02. The lowest BCUT2D eigenvalue weighted by Crippen LogP contribution is -2.23. The highest BCUT2D eigenvalue weighted by Crippen LogP contribution is 2.23. The van der Waals surface area contributed by atoms with Gasteiger partial charge in [-0.15, -0.1) is 0 Å². The van der Waals surface area contributed by atoms with Crippen molar-refractivity contribution in [2.75, 3.05) is 18.5 Å². The number of rotatable bonds is 5. The molecule has 4 N–H and O–H groups in total. The van der Waals surface area contributed by atoms with Crippen LogP contribution in [0.4, 0.5) is 5.69 Å². The van der Waals surface area contributed by atoms with Gasteiger partial charge in [-0.1, -0.05) is 0 Å². The number of anilines is 1. The largest absolute Gasteiger partial charge is 0.478 e. The van der Waals surface area contributed by atoms with Gasteiger partial charge in [0.2, 0.25) is 0 Å². The Hall–Kier alpha value is -1.11. The van der Waals surface area contributed by atoms with Crippen LogP contribution in [0.15, 0.2) is 22.7 Å². The Bertz CT molecular complexity index is 383. The van der Waals surface area contributed by atoms with Crippen LogP contribution < -0.4 is 5.32 Å². The minimum Gasteiger partial charge on any atom is -0.478 e. The average molecular weight is 290 g/mol. The minimum absolute atomic E-state index is 0.151. The number of halogens is 1. The molecule has 1 rings (SSSR count). The molecule has 1 aromatic carbocycles. The van der Waals surface area contributed by atoms with Gasteiger partial charge in [-0.2, -0.15) is 0 Å². The molecule has 0 aliphatic heterocycles. The third-order valence-electron chi connectivity index (χ3n) is 1.95. The Kier molecular flexibility index (Phi) is 4.72. The van der Waals surface area contributed by atoms with Crippen LogP contribution in [-0.4, -0.2) is 40.5 Å². The van der Waals surface area contributed by atoms with Crippen molar-refractivity contribution in [2.24, 2.45) is 0 Å². The van der Waals surface area contributed by atoms with E-state index >= 15 is 0 Å². The van der Waals surface area contributed by atoms with E-state index in [0.29, 0.717) is 10.2 Å². The lowest BCUT2D eigenvalue weighted by molar-refractivity contribution is 0.0697. The van der Waals surface area contributed by atoms with Crippen LogP contribution >= 0.6 is 15.9 Å². The van der Waals surface area contributed by atoms with Crippen LogP contribution in [0.3, 0.4) is 0 Å². The summed E-state index contributed by atoms with van der Waals surface area (Å²) in [4.78, 5) is 10.7. The molecule has 5 nitrogen and oxygen atoms in total. The molecule has 0 radical (unpaired) electrons. The first-order valence-corrected chi connectivity index (χ1v) is 5.39. The molecule has 1 unspecified atom stereocenters. The molecule has 0 saturated heterocycles. The molecular weight excluding hydrogens is 278 g/mol. The maximum atomic E-state index is 10.7. The highest BCUT2D eigenvalue weighted by atomic mass is 79.9. The van der Waals surface area contributed by atoms with E-state index in [1.54, 1.807) is 6.07 Å². The predicted octanol–water partition coefficient (Wildman–Crippen LogP) is 0.912. The summed E-state index contributed by atoms with van der Waals surface area (Å²) in [6.45, 7) is -0.193. The molecule has 0 aromatic heterocycles. The zero-order valence-electron chi connectivity index (χ0n) is 8.35. The fourth-order valence-electron chi connectivity index (χ4n) is 1.09. The van der Waals surface area contributed by atoms with Gasteiger partial charge >= 0.3 is 5.97 Å². The van der Waals surface area contributed by atoms with Gasteiger partial charge in [0.15, 0.2) is 0 Å². The lowest BCUT2D eigenvalue weighted by atomic mass is 10.2. The van der Waals surface area contributed by atoms with Crippen LogP contribution in [0.1, 0.15) is 10.4 Å². The number of benzene rings is 1. The number of carboxylic acids is 1. The normalized spacial score (nSPS) is 12.2. The molecular formula is C10H12BrNO4. The van der Waals surface area contributed by atoms with Crippen molar-refractivity contribution >= 4 is 27.6 Å². The highest BCUT2D eigenvalue weighted by molar-refractivity contribution is 9.10. The number of carbonyl (C=O) groups is 1. The van der Waals surface area contributed by atoms with E-state index in [1.165, 1.54) is 12.1 Å². The molecule has 0 saturated carbocycles. The Balaban J connectivity index is 2.78. The molecule has 1 aromatic rings. The smallest absolute Gasteiger partial charge is 0.335 e. The lowest BCUT2D eigenvalue weighted by Gasteiger charge is -2.12. The Morgan fingerprint density at radius 3 is 2.75 bits per heavy atom. The molecule has 88 valence electrons. The van der Waals surface area contributed by atoms with Crippen molar-refractivity contribution in [1.82, 2.24) is 0 Å². The second kappa shape index (κ2) is 5.83. The third kappa shape index (κ3) is 3.48. The van der Waals surface area contributed by atoms with E-state index in [2.05, 4.69) is 21.2 Å². The maximum absolute atomic E-state index is 10.7. The van der Waals surface area contributed by atoms with Gasteiger partial charge < -0.3 is 20.6 Å². The van der Waals surface area contributed by atoms with Crippen LogP contribution in [0, 0.1) is 0 Å². The summed E-state index contributed by atoms with van der Waals surface area (Å²) in [5, 5.41) is 29.4. The molecule has 16 heavy (non-hydrogen) atoms. The number of aromatic carboxylic acids is 1. The maximum Gasteiger partial charge on any atom is 0.335 e. The average Bonchev–Trinajstić information content (AvgIpc) is 2.27. The van der Waals surface area contributed by atoms with E-state index in [4.69, 9.17) is 15.3 Å². The summed E-state index contributed by atoms with van der Waals surface area (Å²) >= 11 is 3.25. The number of hydrogen-bond acceptors (Lipinski definition) is 4. The molecule has 0 aliphatic rings. The van der Waals surface area contributed by atoms with Gasteiger partial charge in [-0.3, -0.25) is 0 Å².